The Morgan fingerprint density at radius 1 is 1.07 bits per heavy atom. The molecule has 1 amide bonds. The summed E-state index contributed by atoms with van der Waals surface area (Å²) >= 11 is 1.44. The number of thioether (sulfide) groups is 1. The van der Waals surface area contributed by atoms with Gasteiger partial charge < -0.3 is 5.32 Å². The van der Waals surface area contributed by atoms with Crippen molar-refractivity contribution in [3.8, 4) is 11.4 Å². The third-order valence-electron chi connectivity index (χ3n) is 4.71. The van der Waals surface area contributed by atoms with E-state index < -0.39 is 0 Å². The lowest BCUT2D eigenvalue weighted by molar-refractivity contribution is -0.120. The predicted molar refractivity (Wildman–Crippen MR) is 117 cm³/mol. The van der Waals surface area contributed by atoms with E-state index in [1.807, 2.05) is 72.8 Å². The topological polar surface area (TPSA) is 72.2 Å². The molecule has 0 unspecified atom stereocenters. The van der Waals surface area contributed by atoms with Crippen molar-refractivity contribution < 1.29 is 4.79 Å². The van der Waals surface area contributed by atoms with Crippen molar-refractivity contribution in [2.45, 2.75) is 37.1 Å². The highest BCUT2D eigenvalue weighted by molar-refractivity contribution is 8.00. The zero-order valence-electron chi connectivity index (χ0n) is 16.5. The second-order valence-corrected chi connectivity index (χ2v) is 7.94. The Balaban J connectivity index is 1.85. The van der Waals surface area contributed by atoms with E-state index in [0.717, 1.165) is 34.4 Å². The number of hydrogen-bond donors (Lipinski definition) is 1. The fourth-order valence-electron chi connectivity index (χ4n) is 3.23. The SMILES string of the molecule is CCCNC(=O)[C@@H](CC)Sc1nnc2c3ccccc3nc(-c3ccccc3)n12. The molecule has 0 saturated heterocycles. The zero-order valence-corrected chi connectivity index (χ0v) is 17.3. The highest BCUT2D eigenvalue weighted by Crippen LogP contribution is 2.31. The minimum absolute atomic E-state index is 0.0334. The summed E-state index contributed by atoms with van der Waals surface area (Å²) in [5, 5.41) is 13.3. The van der Waals surface area contributed by atoms with Crippen LogP contribution in [-0.2, 0) is 4.79 Å². The average molecular weight is 406 g/mol. The van der Waals surface area contributed by atoms with Crippen molar-refractivity contribution in [3.05, 3.63) is 54.6 Å². The smallest absolute Gasteiger partial charge is 0.233 e. The van der Waals surface area contributed by atoms with E-state index in [-0.39, 0.29) is 11.2 Å². The summed E-state index contributed by atoms with van der Waals surface area (Å²) in [7, 11) is 0. The Bertz CT molecular complexity index is 1140. The molecule has 0 aliphatic carbocycles. The van der Waals surface area contributed by atoms with E-state index in [4.69, 9.17) is 4.98 Å². The lowest BCUT2D eigenvalue weighted by Crippen LogP contribution is -2.32. The molecular weight excluding hydrogens is 382 g/mol. The van der Waals surface area contributed by atoms with Crippen LogP contribution >= 0.6 is 11.8 Å². The van der Waals surface area contributed by atoms with E-state index in [9.17, 15) is 4.79 Å². The van der Waals surface area contributed by atoms with E-state index in [1.54, 1.807) is 0 Å². The molecule has 0 fully saturated rings. The van der Waals surface area contributed by atoms with Crippen molar-refractivity contribution in [1.29, 1.82) is 0 Å². The summed E-state index contributed by atoms with van der Waals surface area (Å²) in [4.78, 5) is 17.5. The molecule has 2 aromatic carbocycles. The van der Waals surface area contributed by atoms with E-state index in [2.05, 4.69) is 15.5 Å². The third kappa shape index (κ3) is 3.82. The Morgan fingerprint density at radius 3 is 2.59 bits per heavy atom. The summed E-state index contributed by atoms with van der Waals surface area (Å²) in [6.07, 6.45) is 1.62. The molecule has 2 heterocycles. The van der Waals surface area contributed by atoms with Crippen LogP contribution < -0.4 is 5.32 Å². The van der Waals surface area contributed by atoms with E-state index in [0.29, 0.717) is 18.1 Å². The molecule has 4 rings (SSSR count). The van der Waals surface area contributed by atoms with Crippen LogP contribution in [-0.4, -0.2) is 37.3 Å². The monoisotopic (exact) mass is 405 g/mol. The van der Waals surface area contributed by atoms with Gasteiger partial charge in [-0.25, -0.2) is 4.98 Å². The highest BCUT2D eigenvalue weighted by Gasteiger charge is 2.23. The van der Waals surface area contributed by atoms with Crippen LogP contribution in [0.25, 0.3) is 27.9 Å². The number of amides is 1. The van der Waals surface area contributed by atoms with Gasteiger partial charge >= 0.3 is 0 Å². The van der Waals surface area contributed by atoms with Crippen molar-refractivity contribution in [2.75, 3.05) is 6.54 Å². The Hall–Kier alpha value is -2.93. The molecular formula is C22H23N5OS. The summed E-state index contributed by atoms with van der Waals surface area (Å²) in [5.74, 6) is 0.807. The van der Waals surface area contributed by atoms with Crippen LogP contribution in [0.1, 0.15) is 26.7 Å². The van der Waals surface area contributed by atoms with Crippen molar-refractivity contribution in [1.82, 2.24) is 24.9 Å². The number of aromatic nitrogens is 4. The molecule has 0 aliphatic heterocycles. The van der Waals surface area contributed by atoms with Gasteiger partial charge in [-0.3, -0.25) is 9.20 Å². The number of carbonyl (C=O) groups is 1. The van der Waals surface area contributed by atoms with Gasteiger partial charge in [0.05, 0.1) is 10.8 Å². The van der Waals surface area contributed by atoms with Gasteiger partial charge in [-0.05, 0) is 25.0 Å². The molecule has 7 heteroatoms. The van der Waals surface area contributed by atoms with Gasteiger partial charge in [0.1, 0.15) is 5.82 Å². The number of hydrogen-bond acceptors (Lipinski definition) is 5. The Labute approximate surface area is 173 Å². The number of rotatable bonds is 7. The molecule has 0 saturated carbocycles. The molecule has 0 spiro atoms. The fourth-order valence-corrected chi connectivity index (χ4v) is 4.21. The van der Waals surface area contributed by atoms with Gasteiger partial charge in [0, 0.05) is 17.5 Å². The highest BCUT2D eigenvalue weighted by atomic mass is 32.2. The number of para-hydroxylation sites is 1. The Kier molecular flexibility index (Phi) is 5.76. The zero-order chi connectivity index (χ0) is 20.2. The summed E-state index contributed by atoms with van der Waals surface area (Å²) in [6.45, 7) is 4.74. The first-order valence-electron chi connectivity index (χ1n) is 9.86. The molecule has 29 heavy (non-hydrogen) atoms. The predicted octanol–water partition coefficient (Wildman–Crippen LogP) is 4.34. The average Bonchev–Trinajstić information content (AvgIpc) is 3.20. The molecule has 0 radical (unpaired) electrons. The molecule has 0 bridgehead atoms. The normalized spacial score (nSPS) is 12.3. The van der Waals surface area contributed by atoms with E-state index >= 15 is 0 Å². The largest absolute Gasteiger partial charge is 0.355 e. The minimum atomic E-state index is -0.232. The number of nitrogens with one attached hydrogen (secondary N) is 1. The van der Waals surface area contributed by atoms with Crippen molar-refractivity contribution in [3.63, 3.8) is 0 Å². The first-order valence-corrected chi connectivity index (χ1v) is 10.7. The van der Waals surface area contributed by atoms with Gasteiger partial charge in [-0.15, -0.1) is 10.2 Å². The maximum absolute atomic E-state index is 12.6. The number of fused-ring (bicyclic) bond motifs is 3. The summed E-state index contributed by atoms with van der Waals surface area (Å²) in [6, 6.07) is 17.9. The van der Waals surface area contributed by atoms with Crippen LogP contribution in [0.3, 0.4) is 0 Å². The lowest BCUT2D eigenvalue weighted by Gasteiger charge is -2.14. The van der Waals surface area contributed by atoms with Gasteiger partial charge in [-0.2, -0.15) is 0 Å². The number of benzene rings is 2. The second-order valence-electron chi connectivity index (χ2n) is 6.77. The standard InChI is InChI=1S/C22H23N5OS/c1-3-14-23-21(28)18(4-2)29-22-26-25-20-16-12-8-9-13-17(16)24-19(27(20)22)15-10-6-5-7-11-15/h5-13,18H,3-4,14H2,1-2H3,(H,23,28)/t18-/m1/s1. The van der Waals surface area contributed by atoms with Gasteiger partial charge in [0.2, 0.25) is 5.91 Å². The lowest BCUT2D eigenvalue weighted by atomic mass is 10.2. The summed E-state index contributed by atoms with van der Waals surface area (Å²) in [5.41, 5.74) is 2.60. The van der Waals surface area contributed by atoms with Crippen LogP contribution in [0.5, 0.6) is 0 Å². The van der Waals surface area contributed by atoms with Gasteiger partial charge in [0.15, 0.2) is 10.8 Å². The van der Waals surface area contributed by atoms with E-state index in [1.165, 1.54) is 11.8 Å². The summed E-state index contributed by atoms with van der Waals surface area (Å²) < 4.78 is 1.97. The molecule has 1 N–H and O–H groups in total. The van der Waals surface area contributed by atoms with Crippen LogP contribution in [0, 0.1) is 0 Å². The third-order valence-corrected chi connectivity index (χ3v) is 6.02. The number of carbonyl (C=O) groups excluding carboxylic acids is 1. The molecule has 148 valence electrons. The molecule has 2 aromatic heterocycles. The maximum Gasteiger partial charge on any atom is 0.233 e. The molecule has 1 atom stereocenters. The molecule has 4 aromatic rings. The van der Waals surface area contributed by atoms with Gasteiger partial charge in [0.25, 0.3) is 0 Å². The first kappa shape index (κ1) is 19.4. The maximum atomic E-state index is 12.6. The van der Waals surface area contributed by atoms with Crippen LogP contribution in [0.4, 0.5) is 0 Å². The second kappa shape index (κ2) is 8.61. The fraction of sp³-hybridized carbons (Fsp3) is 0.273. The Morgan fingerprint density at radius 2 is 1.83 bits per heavy atom. The molecule has 6 nitrogen and oxygen atoms in total. The number of nitrogens with zero attached hydrogens (tertiary/aromatic N) is 4. The van der Waals surface area contributed by atoms with Crippen LogP contribution in [0.15, 0.2) is 59.8 Å². The molecule has 0 aliphatic rings. The quantitative estimate of drug-likeness (QED) is 0.463. The minimum Gasteiger partial charge on any atom is -0.355 e. The van der Waals surface area contributed by atoms with Crippen molar-refractivity contribution >= 4 is 34.2 Å². The van der Waals surface area contributed by atoms with Crippen molar-refractivity contribution in [2.24, 2.45) is 0 Å². The van der Waals surface area contributed by atoms with Gasteiger partial charge in [-0.1, -0.05) is 68.1 Å². The first-order chi connectivity index (χ1) is 14.2. The van der Waals surface area contributed by atoms with Crippen LogP contribution in [0.2, 0.25) is 0 Å².